The van der Waals surface area contributed by atoms with Crippen LogP contribution in [0.4, 0.5) is 8.78 Å². The van der Waals surface area contributed by atoms with Crippen LogP contribution >= 0.6 is 0 Å². The Balaban J connectivity index is 1.41. The minimum absolute atomic E-state index is 0.0805. The van der Waals surface area contributed by atoms with E-state index in [1.54, 1.807) is 18.2 Å². The summed E-state index contributed by atoms with van der Waals surface area (Å²) in [5.41, 5.74) is 4.30. The number of alkyl halides is 2. The second kappa shape index (κ2) is 9.62. The summed E-state index contributed by atoms with van der Waals surface area (Å²) in [6.07, 6.45) is 0.128. The summed E-state index contributed by atoms with van der Waals surface area (Å²) in [5.74, 6) is -7.45. The van der Waals surface area contributed by atoms with Gasteiger partial charge in [0.2, 0.25) is 17.6 Å². The maximum absolute atomic E-state index is 14.4. The van der Waals surface area contributed by atoms with Crippen molar-refractivity contribution >= 4 is 40.3 Å². The lowest BCUT2D eigenvalue weighted by Crippen LogP contribution is -2.54. The van der Waals surface area contributed by atoms with E-state index in [1.807, 2.05) is 0 Å². The van der Waals surface area contributed by atoms with E-state index < -0.39 is 59.3 Å². The molecule has 1 aromatic heterocycles. The highest BCUT2D eigenvalue weighted by atomic mass is 19.3. The van der Waals surface area contributed by atoms with E-state index in [9.17, 15) is 32.8 Å². The SMILES string of the molecule is COc1cccc2[nH]c(C(=O)N3C[C@]4(C[C@H]3C(=O)NC(C[C@@H]3CCCNC3=O)C(=O)C(N)=O)CC4(F)F)cc12. The Morgan fingerprint density at radius 3 is 2.67 bits per heavy atom. The molecule has 2 aliphatic heterocycles. The van der Waals surface area contributed by atoms with Gasteiger partial charge in [-0.15, -0.1) is 0 Å². The number of hydrogen-bond donors (Lipinski definition) is 4. The number of rotatable bonds is 8. The molecule has 5 rings (SSSR count). The molecule has 39 heavy (non-hydrogen) atoms. The zero-order valence-corrected chi connectivity index (χ0v) is 21.2. The van der Waals surface area contributed by atoms with Gasteiger partial charge in [-0.3, -0.25) is 24.0 Å². The molecule has 2 saturated heterocycles. The molecule has 1 aromatic carbocycles. The molecule has 208 valence electrons. The smallest absolute Gasteiger partial charge is 0.287 e. The van der Waals surface area contributed by atoms with Crippen molar-refractivity contribution in [2.24, 2.45) is 17.1 Å². The number of Topliss-reactive ketones (excluding diaryl/α,β-unsaturated/α-hetero) is 1. The van der Waals surface area contributed by atoms with E-state index in [-0.39, 0.29) is 31.0 Å². The summed E-state index contributed by atoms with van der Waals surface area (Å²) in [6, 6.07) is 3.92. The second-order valence-corrected chi connectivity index (χ2v) is 10.6. The van der Waals surface area contributed by atoms with Crippen LogP contribution in [0.1, 0.15) is 42.6 Å². The van der Waals surface area contributed by atoms with Crippen molar-refractivity contribution in [2.75, 3.05) is 20.2 Å². The maximum Gasteiger partial charge on any atom is 0.287 e. The first-order chi connectivity index (χ1) is 18.5. The van der Waals surface area contributed by atoms with Gasteiger partial charge in [0.05, 0.1) is 18.6 Å². The number of carbonyl (C=O) groups is 5. The molecule has 1 spiro atoms. The molecule has 1 saturated carbocycles. The largest absolute Gasteiger partial charge is 0.496 e. The van der Waals surface area contributed by atoms with Crippen molar-refractivity contribution in [3.63, 3.8) is 0 Å². The van der Waals surface area contributed by atoms with Gasteiger partial charge in [-0.05, 0) is 43.9 Å². The van der Waals surface area contributed by atoms with E-state index in [2.05, 4.69) is 15.6 Å². The Kier molecular flexibility index (Phi) is 6.55. The molecular formula is C26H29F2N5O6. The third-order valence-corrected chi connectivity index (χ3v) is 8.08. The molecule has 3 heterocycles. The van der Waals surface area contributed by atoms with Crippen LogP contribution in [0.25, 0.3) is 10.9 Å². The number of ketones is 1. The molecule has 11 nitrogen and oxygen atoms in total. The quantitative estimate of drug-likeness (QED) is 0.360. The van der Waals surface area contributed by atoms with Crippen LogP contribution in [0, 0.1) is 11.3 Å². The molecule has 1 unspecified atom stereocenters. The van der Waals surface area contributed by atoms with Crippen molar-refractivity contribution in [3.8, 4) is 5.75 Å². The van der Waals surface area contributed by atoms with E-state index in [0.717, 1.165) is 4.90 Å². The maximum atomic E-state index is 14.4. The van der Waals surface area contributed by atoms with Gasteiger partial charge in [0.25, 0.3) is 17.7 Å². The number of fused-ring (bicyclic) bond motifs is 1. The van der Waals surface area contributed by atoms with Gasteiger partial charge in [0, 0.05) is 36.3 Å². The van der Waals surface area contributed by atoms with Crippen molar-refractivity contribution in [2.45, 2.75) is 50.1 Å². The van der Waals surface area contributed by atoms with Crippen LogP contribution < -0.4 is 21.1 Å². The highest BCUT2D eigenvalue weighted by Gasteiger charge is 2.75. The van der Waals surface area contributed by atoms with Gasteiger partial charge in [0.1, 0.15) is 17.5 Å². The summed E-state index contributed by atoms with van der Waals surface area (Å²) < 4.78 is 34.2. The predicted octanol–water partition coefficient (Wildman–Crippen LogP) is 0.872. The number of nitrogens with two attached hydrogens (primary N) is 1. The van der Waals surface area contributed by atoms with Crippen LogP contribution in [-0.4, -0.2) is 77.5 Å². The number of nitrogens with zero attached hydrogens (tertiary/aromatic N) is 1. The van der Waals surface area contributed by atoms with Gasteiger partial charge >= 0.3 is 0 Å². The molecule has 0 radical (unpaired) electrons. The summed E-state index contributed by atoms with van der Waals surface area (Å²) in [4.78, 5) is 67.6. The third-order valence-electron chi connectivity index (χ3n) is 8.08. The summed E-state index contributed by atoms with van der Waals surface area (Å²) in [7, 11) is 1.48. The molecule has 5 N–H and O–H groups in total. The monoisotopic (exact) mass is 545 g/mol. The van der Waals surface area contributed by atoms with Crippen LogP contribution in [0.5, 0.6) is 5.75 Å². The first kappa shape index (κ1) is 26.6. The number of ether oxygens (including phenoxy) is 1. The molecule has 4 atom stereocenters. The fourth-order valence-electron chi connectivity index (χ4n) is 5.79. The van der Waals surface area contributed by atoms with Crippen molar-refractivity contribution in [3.05, 3.63) is 30.0 Å². The number of likely N-dealkylation sites (tertiary alicyclic amines) is 1. The normalized spacial score (nSPS) is 26.2. The summed E-state index contributed by atoms with van der Waals surface area (Å²) in [5, 5.41) is 5.72. The van der Waals surface area contributed by atoms with E-state index >= 15 is 0 Å². The number of halogens is 2. The number of amides is 4. The van der Waals surface area contributed by atoms with Crippen LogP contribution in [-0.2, 0) is 19.2 Å². The zero-order chi connectivity index (χ0) is 28.1. The van der Waals surface area contributed by atoms with Gasteiger partial charge in [-0.1, -0.05) is 6.07 Å². The lowest BCUT2D eigenvalue weighted by atomic mass is 9.89. The first-order valence-corrected chi connectivity index (χ1v) is 12.7. The number of aromatic amines is 1. The number of piperidine rings is 1. The molecule has 3 aliphatic rings. The Labute approximate surface area is 221 Å². The third kappa shape index (κ3) is 4.70. The second-order valence-electron chi connectivity index (χ2n) is 10.6. The molecule has 3 fully saturated rings. The summed E-state index contributed by atoms with van der Waals surface area (Å²) in [6.45, 7) is 0.119. The minimum Gasteiger partial charge on any atom is -0.496 e. The van der Waals surface area contributed by atoms with E-state index in [4.69, 9.17) is 10.5 Å². The van der Waals surface area contributed by atoms with Crippen molar-refractivity contribution in [1.29, 1.82) is 0 Å². The van der Waals surface area contributed by atoms with Gasteiger partial charge in [-0.2, -0.15) is 0 Å². The lowest BCUT2D eigenvalue weighted by molar-refractivity contribution is -0.139. The fourth-order valence-corrected chi connectivity index (χ4v) is 5.79. The Morgan fingerprint density at radius 2 is 2.03 bits per heavy atom. The highest BCUT2D eigenvalue weighted by Crippen LogP contribution is 2.66. The number of methoxy groups -OCH3 is 1. The van der Waals surface area contributed by atoms with Crippen molar-refractivity contribution < 1.29 is 37.5 Å². The molecule has 1 aliphatic carbocycles. The van der Waals surface area contributed by atoms with Crippen LogP contribution in [0.3, 0.4) is 0 Å². The number of nitrogens with one attached hydrogen (secondary N) is 3. The van der Waals surface area contributed by atoms with E-state index in [0.29, 0.717) is 36.0 Å². The predicted molar refractivity (Wildman–Crippen MR) is 133 cm³/mol. The lowest BCUT2D eigenvalue weighted by Gasteiger charge is -2.28. The highest BCUT2D eigenvalue weighted by molar-refractivity contribution is 6.38. The number of carbonyl (C=O) groups excluding carboxylic acids is 5. The molecule has 13 heteroatoms. The zero-order valence-electron chi connectivity index (χ0n) is 21.2. The van der Waals surface area contributed by atoms with Gasteiger partial charge < -0.3 is 31.0 Å². The number of H-pyrrole nitrogens is 1. The van der Waals surface area contributed by atoms with Gasteiger partial charge in [0.15, 0.2) is 0 Å². The average Bonchev–Trinajstić information content (AvgIpc) is 3.25. The average molecular weight is 546 g/mol. The Bertz CT molecular complexity index is 1380. The standard InChI is InChI=1S/C26H29F2N5O6/c1-39-19-6-2-5-15-14(19)9-17(31-15)24(38)33-12-25(11-26(25,27)28)10-18(33)23(37)32-16(20(34)21(29)35)8-13-4-3-7-30-22(13)36/h2,5-6,9,13,16,18,31H,3-4,7-8,10-12H2,1H3,(H2,29,35)(H,30,36)(H,32,37)/t13-,16?,18-,25-/m0/s1. The Hall–Kier alpha value is -4.03. The Morgan fingerprint density at radius 1 is 1.28 bits per heavy atom. The molecule has 0 bridgehead atoms. The van der Waals surface area contributed by atoms with Crippen LogP contribution in [0.2, 0.25) is 0 Å². The molecule has 4 amide bonds. The molecule has 2 aromatic rings. The van der Waals surface area contributed by atoms with E-state index in [1.165, 1.54) is 13.2 Å². The molecular weight excluding hydrogens is 516 g/mol. The topological polar surface area (TPSA) is 164 Å². The first-order valence-electron chi connectivity index (χ1n) is 12.7. The minimum atomic E-state index is -3.05. The fraction of sp³-hybridized carbons (Fsp3) is 0.500. The number of aromatic nitrogens is 1. The number of hydrogen-bond acceptors (Lipinski definition) is 6. The number of primary amides is 1. The number of benzene rings is 1. The van der Waals surface area contributed by atoms with Gasteiger partial charge in [-0.25, -0.2) is 8.78 Å². The van der Waals surface area contributed by atoms with Crippen LogP contribution in [0.15, 0.2) is 24.3 Å². The van der Waals surface area contributed by atoms with Crippen molar-refractivity contribution in [1.82, 2.24) is 20.5 Å². The summed E-state index contributed by atoms with van der Waals surface area (Å²) >= 11 is 0.